The molecule has 2 heterocycles. The number of unbranched alkanes of at least 4 members (excludes halogenated alkanes) is 3. The molecule has 2 fully saturated rings. The van der Waals surface area contributed by atoms with Gasteiger partial charge in [-0.15, -0.1) is 0 Å². The van der Waals surface area contributed by atoms with Crippen molar-refractivity contribution in [2.75, 3.05) is 46.1 Å². The molecule has 0 saturated carbocycles. The molecule has 0 radical (unpaired) electrons. The Morgan fingerprint density at radius 1 is 0.875 bits per heavy atom. The summed E-state index contributed by atoms with van der Waals surface area (Å²) in [6.07, 6.45) is 5.65. The second-order valence-corrected chi connectivity index (χ2v) is 7.82. The van der Waals surface area contributed by atoms with Gasteiger partial charge in [0, 0.05) is 44.9 Å². The summed E-state index contributed by atoms with van der Waals surface area (Å²) in [4.78, 5) is 4.90. The van der Waals surface area contributed by atoms with Gasteiger partial charge in [0.05, 0.1) is 18.9 Å². The van der Waals surface area contributed by atoms with E-state index in [4.69, 9.17) is 9.47 Å². The second kappa shape index (κ2) is 10.7. The molecule has 5 heteroatoms. The average molecular weight is 342 g/mol. The molecule has 0 aromatic carbocycles. The van der Waals surface area contributed by atoms with Gasteiger partial charge in [0.1, 0.15) is 0 Å². The third-order valence-corrected chi connectivity index (χ3v) is 5.08. The van der Waals surface area contributed by atoms with Crippen molar-refractivity contribution in [1.82, 2.24) is 15.1 Å². The lowest BCUT2D eigenvalue weighted by Gasteiger charge is -2.14. The zero-order chi connectivity index (χ0) is 17.4. The van der Waals surface area contributed by atoms with Gasteiger partial charge < -0.3 is 9.47 Å². The summed E-state index contributed by atoms with van der Waals surface area (Å²) in [5.74, 6) is 0. The predicted molar refractivity (Wildman–Crippen MR) is 99.4 cm³/mol. The van der Waals surface area contributed by atoms with Gasteiger partial charge in [-0.1, -0.05) is 12.8 Å². The predicted octanol–water partition coefficient (Wildman–Crippen LogP) is 2.31. The van der Waals surface area contributed by atoms with Crippen LogP contribution in [0.1, 0.15) is 53.4 Å². The van der Waals surface area contributed by atoms with Crippen molar-refractivity contribution < 1.29 is 9.47 Å². The van der Waals surface area contributed by atoms with Gasteiger partial charge in [-0.05, 0) is 47.1 Å². The van der Waals surface area contributed by atoms with Crippen LogP contribution >= 0.6 is 0 Å². The van der Waals surface area contributed by atoms with E-state index >= 15 is 0 Å². The molecule has 6 atom stereocenters. The van der Waals surface area contributed by atoms with Gasteiger partial charge in [-0.3, -0.25) is 15.1 Å². The van der Waals surface area contributed by atoms with E-state index in [1.807, 2.05) is 0 Å². The van der Waals surface area contributed by atoms with Crippen molar-refractivity contribution in [2.45, 2.75) is 77.7 Å². The van der Waals surface area contributed by atoms with Crippen LogP contribution in [0.2, 0.25) is 0 Å². The third kappa shape index (κ3) is 8.77. The third-order valence-electron chi connectivity index (χ3n) is 5.08. The molecule has 5 nitrogen and oxygen atoms in total. The van der Waals surface area contributed by atoms with E-state index in [2.05, 4.69) is 42.8 Å². The van der Waals surface area contributed by atoms with Crippen molar-refractivity contribution in [3.05, 3.63) is 0 Å². The minimum atomic E-state index is 0.330. The number of nitrogens with zero attached hydrogens (tertiary/aromatic N) is 2. The average Bonchev–Trinajstić information content (AvgIpc) is 3.41. The summed E-state index contributed by atoms with van der Waals surface area (Å²) in [6, 6.07) is 1.55. The van der Waals surface area contributed by atoms with Crippen LogP contribution in [0.3, 0.4) is 0 Å². The van der Waals surface area contributed by atoms with Crippen molar-refractivity contribution in [3.8, 4) is 0 Å². The smallest absolute Gasteiger partial charge is 0.0969 e. The molecular weight excluding hydrogens is 302 g/mol. The summed E-state index contributed by atoms with van der Waals surface area (Å²) in [6.45, 7) is 16.2. The Hall–Kier alpha value is -0.200. The van der Waals surface area contributed by atoms with Crippen LogP contribution in [0.25, 0.3) is 0 Å². The largest absolute Gasteiger partial charge is 0.377 e. The first-order valence-electron chi connectivity index (χ1n) is 9.98. The molecular formula is C19H39N3O2. The second-order valence-electron chi connectivity index (χ2n) is 7.82. The molecule has 2 aliphatic heterocycles. The summed E-state index contributed by atoms with van der Waals surface area (Å²) < 4.78 is 11.7. The molecule has 0 bridgehead atoms. The molecule has 0 aliphatic carbocycles. The zero-order valence-corrected chi connectivity index (χ0v) is 16.3. The molecule has 2 rings (SSSR count). The maximum Gasteiger partial charge on any atom is 0.0969 e. The van der Waals surface area contributed by atoms with E-state index in [9.17, 15) is 0 Å². The minimum Gasteiger partial charge on any atom is -0.377 e. The number of rotatable bonds is 15. The number of ether oxygens (including phenoxy) is 2. The van der Waals surface area contributed by atoms with Crippen LogP contribution in [0.5, 0.6) is 0 Å². The lowest BCUT2D eigenvalue weighted by molar-refractivity contribution is 0.0425. The first-order chi connectivity index (χ1) is 11.6. The SMILES string of the molecule is CC(CN1CC1C)OCCCCCCNCOC(C)CN1CC1C. The summed E-state index contributed by atoms with van der Waals surface area (Å²) in [5.41, 5.74) is 0. The molecule has 1 N–H and O–H groups in total. The van der Waals surface area contributed by atoms with Crippen LogP contribution in [0.4, 0.5) is 0 Å². The Bertz CT molecular complexity index is 311. The molecule has 2 aliphatic rings. The lowest BCUT2D eigenvalue weighted by atomic mass is 10.2. The van der Waals surface area contributed by atoms with Crippen molar-refractivity contribution >= 4 is 0 Å². The highest BCUT2D eigenvalue weighted by molar-refractivity contribution is 4.86. The van der Waals surface area contributed by atoms with E-state index in [0.717, 1.165) is 38.3 Å². The van der Waals surface area contributed by atoms with Crippen molar-refractivity contribution in [3.63, 3.8) is 0 Å². The van der Waals surface area contributed by atoms with Crippen molar-refractivity contribution in [2.24, 2.45) is 0 Å². The van der Waals surface area contributed by atoms with Crippen LogP contribution in [0.15, 0.2) is 0 Å². The van der Waals surface area contributed by atoms with E-state index in [0.29, 0.717) is 18.9 Å². The van der Waals surface area contributed by atoms with Crippen LogP contribution in [-0.2, 0) is 9.47 Å². The zero-order valence-electron chi connectivity index (χ0n) is 16.3. The highest BCUT2D eigenvalue weighted by Gasteiger charge is 2.30. The Morgan fingerprint density at radius 2 is 1.42 bits per heavy atom. The van der Waals surface area contributed by atoms with Gasteiger partial charge in [-0.25, -0.2) is 0 Å². The Balaban J connectivity index is 1.27. The molecule has 142 valence electrons. The van der Waals surface area contributed by atoms with E-state index in [-0.39, 0.29) is 0 Å². The standard InChI is InChI=1S/C19H39N3O2/c1-16-11-21(16)13-18(3)23-10-8-6-5-7-9-20-15-24-19(4)14-22-12-17(22)2/h16-20H,5-15H2,1-4H3. The fraction of sp³-hybridized carbons (Fsp3) is 1.00. The van der Waals surface area contributed by atoms with Crippen LogP contribution in [0, 0.1) is 0 Å². The highest BCUT2D eigenvalue weighted by Crippen LogP contribution is 2.17. The molecule has 0 aromatic rings. The Kier molecular flexibility index (Phi) is 8.98. The number of nitrogens with one attached hydrogen (secondary N) is 1. The monoisotopic (exact) mass is 341 g/mol. The van der Waals surface area contributed by atoms with Gasteiger partial charge in [0.25, 0.3) is 0 Å². The molecule has 0 spiro atoms. The van der Waals surface area contributed by atoms with Crippen LogP contribution < -0.4 is 5.32 Å². The maximum atomic E-state index is 5.88. The number of hydrogen-bond donors (Lipinski definition) is 1. The summed E-state index contributed by atoms with van der Waals surface area (Å²) in [7, 11) is 0. The summed E-state index contributed by atoms with van der Waals surface area (Å²) in [5, 5.41) is 3.39. The first kappa shape index (κ1) is 20.1. The van der Waals surface area contributed by atoms with E-state index in [1.54, 1.807) is 0 Å². The maximum absolute atomic E-state index is 5.88. The molecule has 24 heavy (non-hydrogen) atoms. The lowest BCUT2D eigenvalue weighted by Crippen LogP contribution is -2.27. The van der Waals surface area contributed by atoms with E-state index in [1.165, 1.54) is 38.8 Å². The minimum absolute atomic E-state index is 0.330. The number of hydrogen-bond acceptors (Lipinski definition) is 5. The van der Waals surface area contributed by atoms with Crippen molar-refractivity contribution in [1.29, 1.82) is 0 Å². The van der Waals surface area contributed by atoms with Gasteiger partial charge in [0.2, 0.25) is 0 Å². The van der Waals surface area contributed by atoms with Gasteiger partial charge in [0.15, 0.2) is 0 Å². The fourth-order valence-electron chi connectivity index (χ4n) is 3.12. The normalized spacial score (nSPS) is 31.0. The Labute approximate surface area is 149 Å². The fourth-order valence-corrected chi connectivity index (χ4v) is 3.12. The topological polar surface area (TPSA) is 36.5 Å². The van der Waals surface area contributed by atoms with Gasteiger partial charge >= 0.3 is 0 Å². The quantitative estimate of drug-likeness (QED) is 0.281. The first-order valence-corrected chi connectivity index (χ1v) is 9.98. The molecule has 2 saturated heterocycles. The molecule has 0 aromatic heterocycles. The van der Waals surface area contributed by atoms with Crippen LogP contribution in [-0.4, -0.2) is 80.2 Å². The summed E-state index contributed by atoms with van der Waals surface area (Å²) >= 11 is 0. The Morgan fingerprint density at radius 3 is 2.00 bits per heavy atom. The molecule has 6 unspecified atom stereocenters. The molecule has 0 amide bonds. The van der Waals surface area contributed by atoms with E-state index < -0.39 is 0 Å². The van der Waals surface area contributed by atoms with Gasteiger partial charge in [-0.2, -0.15) is 0 Å². The highest BCUT2D eigenvalue weighted by atomic mass is 16.5.